The third-order valence-corrected chi connectivity index (χ3v) is 1.66. The summed E-state index contributed by atoms with van der Waals surface area (Å²) >= 11 is 0.611. The standard InChI is InChI=1S/C10H8N.Al.O.H/c1-8-6-7-9-4-2-3-5-10(9)11-8;;;/h2-4,6-7H,1H3;;;. The maximum absolute atomic E-state index is 8.28. The molecule has 0 atom stereocenters. The van der Waals surface area contributed by atoms with Crippen LogP contribution in [0.3, 0.4) is 0 Å². The van der Waals surface area contributed by atoms with Gasteiger partial charge in [0.25, 0.3) is 0 Å². The summed E-state index contributed by atoms with van der Waals surface area (Å²) in [4.78, 5) is 4.32. The molecule has 0 fully saturated rings. The summed E-state index contributed by atoms with van der Waals surface area (Å²) in [6.45, 7) is 1.99. The van der Waals surface area contributed by atoms with Crippen LogP contribution in [0.4, 0.5) is 0 Å². The van der Waals surface area contributed by atoms with Gasteiger partial charge in [0.1, 0.15) is 0 Å². The SMILES string of the molecule is Cc1ccc2ccc[c]c2n1.[O]=[AlH]. The van der Waals surface area contributed by atoms with E-state index in [2.05, 4.69) is 17.1 Å². The molecule has 1 radical (unpaired) electrons. The Morgan fingerprint density at radius 2 is 2.08 bits per heavy atom. The number of para-hydroxylation sites is 1. The molecule has 0 spiro atoms. The summed E-state index contributed by atoms with van der Waals surface area (Å²) < 4.78 is 8.28. The van der Waals surface area contributed by atoms with Gasteiger partial charge in [-0.1, -0.05) is 24.3 Å². The third-order valence-electron chi connectivity index (χ3n) is 1.66. The number of rotatable bonds is 0. The van der Waals surface area contributed by atoms with Crippen LogP contribution in [-0.2, 0) is 3.80 Å². The van der Waals surface area contributed by atoms with E-state index in [4.69, 9.17) is 3.80 Å². The van der Waals surface area contributed by atoms with Gasteiger partial charge < -0.3 is 0 Å². The Hall–Kier alpha value is -1.04. The first kappa shape index (κ1) is 10.0. The van der Waals surface area contributed by atoms with Crippen molar-refractivity contribution in [3.63, 3.8) is 0 Å². The zero-order valence-corrected chi connectivity index (χ0v) is 8.86. The molecule has 0 bridgehead atoms. The van der Waals surface area contributed by atoms with Crippen LogP contribution in [0.1, 0.15) is 5.69 Å². The van der Waals surface area contributed by atoms with Gasteiger partial charge in [-0.2, -0.15) is 0 Å². The minimum atomic E-state index is 0.611. The molecule has 0 aliphatic rings. The van der Waals surface area contributed by atoms with Crippen molar-refractivity contribution in [2.45, 2.75) is 6.92 Å². The first-order valence-electron chi connectivity index (χ1n) is 3.89. The van der Waals surface area contributed by atoms with Crippen molar-refractivity contribution in [1.82, 2.24) is 4.98 Å². The van der Waals surface area contributed by atoms with Crippen molar-refractivity contribution in [1.29, 1.82) is 0 Å². The summed E-state index contributed by atoms with van der Waals surface area (Å²) in [6.07, 6.45) is 0. The minimum absolute atomic E-state index is 0.611. The summed E-state index contributed by atoms with van der Waals surface area (Å²) in [7, 11) is 0. The Balaban J connectivity index is 0.000000396. The molecule has 2 rings (SSSR count). The molecule has 0 aliphatic heterocycles. The average molecular weight is 186 g/mol. The number of hydrogen-bond donors (Lipinski definition) is 0. The third kappa shape index (κ3) is 2.45. The van der Waals surface area contributed by atoms with Crippen molar-refractivity contribution < 1.29 is 3.80 Å². The maximum atomic E-state index is 8.28. The Labute approximate surface area is 85.2 Å². The van der Waals surface area contributed by atoms with E-state index in [1.807, 2.05) is 31.2 Å². The number of aromatic nitrogens is 1. The molecule has 3 heteroatoms. The van der Waals surface area contributed by atoms with E-state index in [0.29, 0.717) is 16.2 Å². The molecular formula is C10H9AlNO. The van der Waals surface area contributed by atoms with E-state index < -0.39 is 0 Å². The van der Waals surface area contributed by atoms with Crippen LogP contribution in [0.5, 0.6) is 0 Å². The fourth-order valence-electron chi connectivity index (χ4n) is 1.10. The molecule has 1 aromatic carbocycles. The molecule has 0 saturated carbocycles. The van der Waals surface area contributed by atoms with Crippen LogP contribution in [0.2, 0.25) is 0 Å². The fraction of sp³-hybridized carbons (Fsp3) is 0.100. The fourth-order valence-corrected chi connectivity index (χ4v) is 1.10. The van der Waals surface area contributed by atoms with Crippen molar-refractivity contribution in [2.75, 3.05) is 0 Å². The second-order valence-corrected chi connectivity index (χ2v) is 2.56. The van der Waals surface area contributed by atoms with Crippen molar-refractivity contribution in [2.24, 2.45) is 0 Å². The first-order chi connectivity index (χ1) is 6.36. The van der Waals surface area contributed by atoms with E-state index in [-0.39, 0.29) is 0 Å². The van der Waals surface area contributed by atoms with E-state index in [1.165, 1.54) is 0 Å². The number of hydrogen-bond acceptors (Lipinski definition) is 2. The van der Waals surface area contributed by atoms with Crippen molar-refractivity contribution >= 4 is 27.1 Å². The van der Waals surface area contributed by atoms with Crippen molar-refractivity contribution in [3.8, 4) is 0 Å². The van der Waals surface area contributed by atoms with Crippen LogP contribution in [0, 0.1) is 13.0 Å². The van der Waals surface area contributed by atoms with Gasteiger partial charge in [0, 0.05) is 17.1 Å². The van der Waals surface area contributed by atoms with E-state index >= 15 is 0 Å². The molecule has 2 nitrogen and oxygen atoms in total. The molecule has 1 aromatic heterocycles. The molecule has 0 saturated heterocycles. The number of fused-ring (bicyclic) bond motifs is 1. The zero-order chi connectivity index (χ0) is 9.68. The molecule has 1 heterocycles. The average Bonchev–Trinajstić information content (AvgIpc) is 2.21. The zero-order valence-electron chi connectivity index (χ0n) is 7.45. The van der Waals surface area contributed by atoms with E-state index in [9.17, 15) is 0 Å². The molecule has 13 heavy (non-hydrogen) atoms. The molecule has 0 unspecified atom stereocenters. The van der Waals surface area contributed by atoms with Crippen LogP contribution in [-0.4, -0.2) is 21.2 Å². The number of aryl methyl sites for hydroxylation is 1. The molecule has 0 amide bonds. The molecular weight excluding hydrogens is 177 g/mol. The predicted octanol–water partition coefficient (Wildman–Crippen LogP) is 1.58. The summed E-state index contributed by atoms with van der Waals surface area (Å²) in [5.41, 5.74) is 1.99. The quantitative estimate of drug-likeness (QED) is 0.584. The number of benzene rings is 1. The van der Waals surface area contributed by atoms with Gasteiger partial charge in [0.15, 0.2) is 0 Å². The van der Waals surface area contributed by atoms with E-state index in [1.54, 1.807) is 0 Å². The molecule has 63 valence electrons. The van der Waals surface area contributed by atoms with Gasteiger partial charge in [-0.3, -0.25) is 4.98 Å². The summed E-state index contributed by atoms with van der Waals surface area (Å²) in [5.74, 6) is 0. The van der Waals surface area contributed by atoms with Crippen LogP contribution >= 0.6 is 0 Å². The topological polar surface area (TPSA) is 30.0 Å². The van der Waals surface area contributed by atoms with Gasteiger partial charge in [-0.05, 0) is 13.0 Å². The second kappa shape index (κ2) is 4.86. The molecule has 0 aliphatic carbocycles. The van der Waals surface area contributed by atoms with Gasteiger partial charge in [0.05, 0.1) is 5.52 Å². The predicted molar refractivity (Wildman–Crippen MR) is 53.2 cm³/mol. The van der Waals surface area contributed by atoms with Gasteiger partial charge >= 0.3 is 20.0 Å². The normalized spacial score (nSPS) is 8.92. The Bertz CT molecular complexity index is 403. The van der Waals surface area contributed by atoms with Crippen LogP contribution in [0.15, 0.2) is 30.3 Å². The van der Waals surface area contributed by atoms with Crippen molar-refractivity contribution in [3.05, 3.63) is 42.1 Å². The summed E-state index contributed by atoms with van der Waals surface area (Å²) in [6, 6.07) is 13.0. The van der Waals surface area contributed by atoms with Crippen LogP contribution in [0.25, 0.3) is 10.9 Å². The Morgan fingerprint density at radius 3 is 2.85 bits per heavy atom. The van der Waals surface area contributed by atoms with Gasteiger partial charge in [0.2, 0.25) is 0 Å². The second-order valence-electron chi connectivity index (χ2n) is 2.56. The summed E-state index contributed by atoms with van der Waals surface area (Å²) in [5, 5.41) is 1.15. The Kier molecular flexibility index (Phi) is 3.76. The molecule has 0 N–H and O–H groups in total. The van der Waals surface area contributed by atoms with Crippen LogP contribution < -0.4 is 0 Å². The number of pyridine rings is 1. The number of nitrogens with zero attached hydrogens (tertiary/aromatic N) is 1. The van der Waals surface area contributed by atoms with E-state index in [0.717, 1.165) is 16.6 Å². The monoisotopic (exact) mass is 186 g/mol. The van der Waals surface area contributed by atoms with Gasteiger partial charge in [-0.25, -0.2) is 0 Å². The first-order valence-corrected chi connectivity index (χ1v) is 4.47. The van der Waals surface area contributed by atoms with Gasteiger partial charge in [-0.15, -0.1) is 0 Å². The Morgan fingerprint density at radius 1 is 1.31 bits per heavy atom. The molecule has 2 aromatic rings.